The normalized spacial score (nSPS) is 10.9. The molecule has 0 radical (unpaired) electrons. The van der Waals surface area contributed by atoms with Gasteiger partial charge in [0.1, 0.15) is 0 Å². The van der Waals surface area contributed by atoms with Crippen molar-refractivity contribution in [1.29, 1.82) is 0 Å². The van der Waals surface area contributed by atoms with Gasteiger partial charge in [0.15, 0.2) is 0 Å². The molecule has 0 aromatic heterocycles. The number of hydrogen-bond acceptors (Lipinski definition) is 0. The second-order valence-electron chi connectivity index (χ2n) is 6.59. The lowest BCUT2D eigenvalue weighted by molar-refractivity contribution is 0.579. The van der Waals surface area contributed by atoms with Crippen LogP contribution in [0.15, 0.2) is 53.0 Å². The van der Waals surface area contributed by atoms with E-state index in [1.54, 1.807) is 0 Å². The summed E-state index contributed by atoms with van der Waals surface area (Å²) < 4.78 is 1.17. The summed E-state index contributed by atoms with van der Waals surface area (Å²) in [6.45, 7) is 2.15. The minimum atomic E-state index is 1.17. The summed E-state index contributed by atoms with van der Waals surface area (Å²) in [4.78, 5) is 0. The zero-order valence-electron chi connectivity index (χ0n) is 14.4. The van der Waals surface area contributed by atoms with Crippen LogP contribution in [0.4, 0.5) is 0 Å². The molecule has 2 aromatic carbocycles. The Hall–Kier alpha value is -1.08. The molecule has 0 N–H and O–H groups in total. The molecule has 0 atom stereocenters. The molecule has 0 saturated carbocycles. The number of hydrogen-bond donors (Lipinski definition) is 0. The molecule has 2 rings (SSSR count). The fraction of sp³-hybridized carbons (Fsp3) is 0.455. The quantitative estimate of drug-likeness (QED) is 0.384. The van der Waals surface area contributed by atoms with E-state index in [0.29, 0.717) is 0 Å². The van der Waals surface area contributed by atoms with Crippen LogP contribution in [0.2, 0.25) is 0 Å². The number of rotatable bonds is 10. The lowest BCUT2D eigenvalue weighted by Crippen LogP contribution is -1.88. The van der Waals surface area contributed by atoms with Crippen LogP contribution in [0.1, 0.15) is 61.6 Å². The molecule has 23 heavy (non-hydrogen) atoms. The van der Waals surface area contributed by atoms with Gasteiger partial charge in [0, 0.05) is 4.47 Å². The van der Waals surface area contributed by atoms with Crippen molar-refractivity contribution in [2.24, 2.45) is 0 Å². The molecular weight excluding hydrogens is 344 g/mol. The zero-order chi connectivity index (χ0) is 16.3. The van der Waals surface area contributed by atoms with Gasteiger partial charge in [0.25, 0.3) is 0 Å². The fourth-order valence-electron chi connectivity index (χ4n) is 2.95. The maximum atomic E-state index is 3.49. The molecule has 0 aliphatic carbocycles. The third-order valence-electron chi connectivity index (χ3n) is 4.46. The van der Waals surface area contributed by atoms with Gasteiger partial charge in [0.2, 0.25) is 0 Å². The monoisotopic (exact) mass is 372 g/mol. The van der Waals surface area contributed by atoms with E-state index >= 15 is 0 Å². The first-order valence-electron chi connectivity index (χ1n) is 9.04. The first-order valence-corrected chi connectivity index (χ1v) is 9.83. The SMILES string of the molecule is Cc1ccc(CCCCCCCCCc2ccc(Br)cc2)cc1. The number of halogens is 1. The highest BCUT2D eigenvalue weighted by Crippen LogP contribution is 2.15. The molecular formula is C22H29Br. The van der Waals surface area contributed by atoms with Crippen molar-refractivity contribution in [1.82, 2.24) is 0 Å². The largest absolute Gasteiger partial charge is 0.0591 e. The van der Waals surface area contributed by atoms with Gasteiger partial charge < -0.3 is 0 Å². The van der Waals surface area contributed by atoms with E-state index in [0.717, 1.165) is 0 Å². The molecule has 0 aliphatic rings. The van der Waals surface area contributed by atoms with Gasteiger partial charge in [0.05, 0.1) is 0 Å². The molecule has 0 unspecified atom stereocenters. The summed E-state index contributed by atoms with van der Waals surface area (Å²) in [5.74, 6) is 0. The minimum absolute atomic E-state index is 1.17. The molecule has 124 valence electrons. The molecule has 0 aliphatic heterocycles. The van der Waals surface area contributed by atoms with E-state index in [4.69, 9.17) is 0 Å². The molecule has 0 nitrogen and oxygen atoms in total. The van der Waals surface area contributed by atoms with Gasteiger partial charge >= 0.3 is 0 Å². The third kappa shape index (κ3) is 7.83. The number of benzene rings is 2. The first-order chi connectivity index (χ1) is 11.2. The van der Waals surface area contributed by atoms with Crippen LogP contribution in [0.25, 0.3) is 0 Å². The average Bonchev–Trinajstić information content (AvgIpc) is 2.56. The molecule has 1 heteroatoms. The Morgan fingerprint density at radius 3 is 1.43 bits per heavy atom. The van der Waals surface area contributed by atoms with Gasteiger partial charge in [-0.25, -0.2) is 0 Å². The van der Waals surface area contributed by atoms with Crippen LogP contribution in [-0.4, -0.2) is 0 Å². The van der Waals surface area contributed by atoms with Gasteiger partial charge in [-0.1, -0.05) is 90.0 Å². The summed E-state index contributed by atoms with van der Waals surface area (Å²) in [5.41, 5.74) is 4.31. The summed E-state index contributed by atoms with van der Waals surface area (Å²) in [7, 11) is 0. The van der Waals surface area contributed by atoms with Gasteiger partial charge in [-0.2, -0.15) is 0 Å². The van der Waals surface area contributed by atoms with Crippen molar-refractivity contribution >= 4 is 15.9 Å². The third-order valence-corrected chi connectivity index (χ3v) is 4.99. The summed E-state index contributed by atoms with van der Waals surface area (Å²) >= 11 is 3.49. The number of unbranched alkanes of at least 4 members (excludes halogenated alkanes) is 6. The van der Waals surface area contributed by atoms with Crippen molar-refractivity contribution in [3.05, 3.63) is 69.7 Å². The maximum absolute atomic E-state index is 3.49. The first kappa shape index (κ1) is 18.3. The van der Waals surface area contributed by atoms with E-state index in [1.165, 1.54) is 79.0 Å². The predicted octanol–water partition coefficient (Wildman–Crippen LogP) is 7.27. The smallest absolute Gasteiger partial charge is 0.0175 e. The van der Waals surface area contributed by atoms with Crippen LogP contribution >= 0.6 is 15.9 Å². The highest BCUT2D eigenvalue weighted by Gasteiger charge is 1.96. The highest BCUT2D eigenvalue weighted by molar-refractivity contribution is 9.10. The molecule has 0 heterocycles. The van der Waals surface area contributed by atoms with Gasteiger partial charge in [-0.15, -0.1) is 0 Å². The predicted molar refractivity (Wildman–Crippen MR) is 105 cm³/mol. The standard InChI is InChI=1S/C22H29Br/c1-19-11-13-20(14-12-19)9-7-5-3-2-4-6-8-10-21-15-17-22(23)18-16-21/h11-18H,2-10H2,1H3. The molecule has 0 spiro atoms. The fourth-order valence-corrected chi connectivity index (χ4v) is 3.21. The van der Waals surface area contributed by atoms with E-state index in [2.05, 4.69) is 71.4 Å². The Bertz CT molecular complexity index is 488. The van der Waals surface area contributed by atoms with Crippen LogP contribution in [-0.2, 0) is 12.8 Å². The molecule has 0 saturated heterocycles. The second kappa shape index (κ2) is 10.6. The lowest BCUT2D eigenvalue weighted by Gasteiger charge is -2.04. The average molecular weight is 373 g/mol. The highest BCUT2D eigenvalue weighted by atomic mass is 79.9. The molecule has 2 aromatic rings. The minimum Gasteiger partial charge on any atom is -0.0591 e. The molecule has 0 amide bonds. The molecule has 0 bridgehead atoms. The Kier molecular flexibility index (Phi) is 8.46. The van der Waals surface area contributed by atoms with Crippen LogP contribution in [0.5, 0.6) is 0 Å². The number of aryl methyl sites for hydroxylation is 3. The van der Waals surface area contributed by atoms with Crippen molar-refractivity contribution in [2.75, 3.05) is 0 Å². The zero-order valence-corrected chi connectivity index (χ0v) is 15.9. The van der Waals surface area contributed by atoms with Crippen LogP contribution in [0.3, 0.4) is 0 Å². The Morgan fingerprint density at radius 2 is 0.957 bits per heavy atom. The van der Waals surface area contributed by atoms with E-state index in [1.807, 2.05) is 0 Å². The lowest BCUT2D eigenvalue weighted by atomic mass is 10.0. The van der Waals surface area contributed by atoms with Crippen LogP contribution < -0.4 is 0 Å². The van der Waals surface area contributed by atoms with E-state index in [9.17, 15) is 0 Å². The Morgan fingerprint density at radius 1 is 0.565 bits per heavy atom. The summed E-state index contributed by atoms with van der Waals surface area (Å²) in [6.07, 6.45) is 12.0. The Labute approximate surface area is 150 Å². The van der Waals surface area contributed by atoms with Crippen molar-refractivity contribution in [2.45, 2.75) is 64.7 Å². The summed E-state index contributed by atoms with van der Waals surface area (Å²) in [6, 6.07) is 17.7. The van der Waals surface area contributed by atoms with Gasteiger partial charge in [-0.05, 0) is 55.9 Å². The van der Waals surface area contributed by atoms with Crippen molar-refractivity contribution < 1.29 is 0 Å². The van der Waals surface area contributed by atoms with Crippen LogP contribution in [0, 0.1) is 6.92 Å². The topological polar surface area (TPSA) is 0 Å². The maximum Gasteiger partial charge on any atom is 0.0175 e. The second-order valence-corrected chi connectivity index (χ2v) is 7.50. The summed E-state index contributed by atoms with van der Waals surface area (Å²) in [5, 5.41) is 0. The Balaban J connectivity index is 1.43. The van der Waals surface area contributed by atoms with Crippen molar-refractivity contribution in [3.8, 4) is 0 Å². The molecule has 0 fully saturated rings. The van der Waals surface area contributed by atoms with Crippen molar-refractivity contribution in [3.63, 3.8) is 0 Å². The van der Waals surface area contributed by atoms with E-state index in [-0.39, 0.29) is 0 Å². The van der Waals surface area contributed by atoms with E-state index < -0.39 is 0 Å². The van der Waals surface area contributed by atoms with Gasteiger partial charge in [-0.3, -0.25) is 0 Å².